The standard InChI is InChI=1S/C22H23NO5/c1-6-7-17-12-19(14(2)23-27-5)20(13-21(17)28-15(3)24)22(25)16-8-10-18(26-4)11-9-16/h6-13H,1-5H3/b7-6+,23-14+. The molecule has 0 saturated heterocycles. The van der Waals surface area contributed by atoms with Crippen LogP contribution >= 0.6 is 0 Å². The average Bonchev–Trinajstić information content (AvgIpc) is 2.68. The molecule has 0 atom stereocenters. The molecular formula is C22H23NO5. The minimum absolute atomic E-state index is 0.233. The maximum Gasteiger partial charge on any atom is 0.308 e. The van der Waals surface area contributed by atoms with E-state index in [4.69, 9.17) is 14.3 Å². The van der Waals surface area contributed by atoms with Crippen LogP contribution in [0, 0.1) is 0 Å². The fraction of sp³-hybridized carbons (Fsp3) is 0.227. The number of hydrogen-bond acceptors (Lipinski definition) is 6. The van der Waals surface area contributed by atoms with Crippen molar-refractivity contribution >= 4 is 23.5 Å². The van der Waals surface area contributed by atoms with E-state index in [1.165, 1.54) is 14.0 Å². The third-order valence-electron chi connectivity index (χ3n) is 3.96. The van der Waals surface area contributed by atoms with Crippen molar-refractivity contribution in [1.82, 2.24) is 0 Å². The molecule has 2 rings (SSSR count). The second-order valence-corrected chi connectivity index (χ2v) is 5.95. The van der Waals surface area contributed by atoms with Gasteiger partial charge in [0.1, 0.15) is 18.6 Å². The lowest BCUT2D eigenvalue weighted by Crippen LogP contribution is -2.12. The Morgan fingerprint density at radius 1 is 1.00 bits per heavy atom. The number of oxime groups is 1. The van der Waals surface area contributed by atoms with Crippen molar-refractivity contribution in [2.75, 3.05) is 14.2 Å². The summed E-state index contributed by atoms with van der Waals surface area (Å²) in [5, 5.41) is 3.96. The molecule has 28 heavy (non-hydrogen) atoms. The maximum atomic E-state index is 13.2. The summed E-state index contributed by atoms with van der Waals surface area (Å²) in [6.45, 7) is 4.91. The molecule has 146 valence electrons. The minimum atomic E-state index is -0.469. The number of benzene rings is 2. The Hall–Kier alpha value is -3.41. The fourth-order valence-corrected chi connectivity index (χ4v) is 2.72. The highest BCUT2D eigenvalue weighted by atomic mass is 16.6. The van der Waals surface area contributed by atoms with Gasteiger partial charge in [-0.2, -0.15) is 0 Å². The zero-order chi connectivity index (χ0) is 20.7. The van der Waals surface area contributed by atoms with E-state index < -0.39 is 5.97 Å². The van der Waals surface area contributed by atoms with Crippen molar-refractivity contribution in [2.45, 2.75) is 20.8 Å². The third-order valence-corrected chi connectivity index (χ3v) is 3.96. The Balaban J connectivity index is 2.68. The summed E-state index contributed by atoms with van der Waals surface area (Å²) in [6.07, 6.45) is 3.61. The number of ketones is 1. The number of ether oxygens (including phenoxy) is 2. The van der Waals surface area contributed by atoms with Gasteiger partial charge in [0, 0.05) is 29.2 Å². The van der Waals surface area contributed by atoms with Crippen molar-refractivity contribution in [3.8, 4) is 11.5 Å². The number of nitrogens with zero attached hydrogens (tertiary/aromatic N) is 1. The van der Waals surface area contributed by atoms with Crippen molar-refractivity contribution < 1.29 is 23.9 Å². The van der Waals surface area contributed by atoms with E-state index in [2.05, 4.69) is 5.16 Å². The highest BCUT2D eigenvalue weighted by Gasteiger charge is 2.20. The minimum Gasteiger partial charge on any atom is -0.497 e. The van der Waals surface area contributed by atoms with Crippen molar-refractivity contribution in [1.29, 1.82) is 0 Å². The highest BCUT2D eigenvalue weighted by molar-refractivity contribution is 6.17. The van der Waals surface area contributed by atoms with Crippen molar-refractivity contribution in [2.24, 2.45) is 5.16 Å². The SMILES string of the molecule is C/C=C/c1cc(/C(C)=N/OC)c(C(=O)c2ccc(OC)cc2)cc1OC(C)=O. The number of carbonyl (C=O) groups excluding carboxylic acids is 2. The molecule has 0 radical (unpaired) electrons. The molecule has 0 aromatic heterocycles. The first-order valence-electron chi connectivity index (χ1n) is 8.67. The summed E-state index contributed by atoms with van der Waals surface area (Å²) in [6, 6.07) is 10.1. The summed E-state index contributed by atoms with van der Waals surface area (Å²) in [5.41, 5.74) is 2.60. The Labute approximate surface area is 164 Å². The van der Waals surface area contributed by atoms with Gasteiger partial charge >= 0.3 is 5.97 Å². The smallest absolute Gasteiger partial charge is 0.308 e. The predicted molar refractivity (Wildman–Crippen MR) is 108 cm³/mol. The molecule has 2 aromatic carbocycles. The Morgan fingerprint density at radius 2 is 1.68 bits per heavy atom. The molecule has 0 heterocycles. The molecule has 0 aliphatic rings. The van der Waals surface area contributed by atoms with Crippen molar-refractivity contribution in [3.05, 3.63) is 64.7 Å². The molecule has 0 aliphatic heterocycles. The lowest BCUT2D eigenvalue weighted by Gasteiger charge is -2.14. The first-order valence-corrected chi connectivity index (χ1v) is 8.67. The van der Waals surface area contributed by atoms with Gasteiger partial charge in [0.15, 0.2) is 5.78 Å². The van der Waals surface area contributed by atoms with Crippen LogP contribution in [0.3, 0.4) is 0 Å². The van der Waals surface area contributed by atoms with Crippen LogP contribution in [0.4, 0.5) is 0 Å². The molecule has 0 spiro atoms. The number of methoxy groups -OCH3 is 1. The van der Waals surface area contributed by atoms with Gasteiger partial charge in [-0.3, -0.25) is 9.59 Å². The maximum absolute atomic E-state index is 13.2. The van der Waals surface area contributed by atoms with Gasteiger partial charge in [-0.25, -0.2) is 0 Å². The molecular weight excluding hydrogens is 358 g/mol. The van der Waals surface area contributed by atoms with E-state index in [1.807, 2.05) is 13.0 Å². The van der Waals surface area contributed by atoms with Crippen LogP contribution < -0.4 is 9.47 Å². The quantitative estimate of drug-likeness (QED) is 0.236. The fourth-order valence-electron chi connectivity index (χ4n) is 2.72. The van der Waals surface area contributed by atoms with E-state index in [1.54, 1.807) is 56.5 Å². The Kier molecular flexibility index (Phi) is 7.09. The topological polar surface area (TPSA) is 74.2 Å². The highest BCUT2D eigenvalue weighted by Crippen LogP contribution is 2.28. The van der Waals surface area contributed by atoms with Crippen LogP contribution in [0.15, 0.2) is 47.6 Å². The van der Waals surface area contributed by atoms with Crippen LogP contribution in [0.5, 0.6) is 11.5 Å². The second-order valence-electron chi connectivity index (χ2n) is 5.95. The largest absolute Gasteiger partial charge is 0.497 e. The van der Waals surface area contributed by atoms with E-state index >= 15 is 0 Å². The first-order chi connectivity index (χ1) is 13.4. The number of hydrogen-bond donors (Lipinski definition) is 0. The summed E-state index contributed by atoms with van der Waals surface area (Å²) >= 11 is 0. The lowest BCUT2D eigenvalue weighted by atomic mass is 9.93. The van der Waals surface area contributed by atoms with Gasteiger partial charge in [0.05, 0.1) is 12.8 Å². The van der Waals surface area contributed by atoms with E-state index in [9.17, 15) is 9.59 Å². The molecule has 2 aromatic rings. The number of allylic oxidation sites excluding steroid dienone is 1. The van der Waals surface area contributed by atoms with Gasteiger partial charge in [0.25, 0.3) is 0 Å². The molecule has 6 heteroatoms. The summed E-state index contributed by atoms with van der Waals surface area (Å²) in [7, 11) is 3.00. The molecule has 6 nitrogen and oxygen atoms in total. The van der Waals surface area contributed by atoms with Gasteiger partial charge in [-0.1, -0.05) is 17.3 Å². The lowest BCUT2D eigenvalue weighted by molar-refractivity contribution is -0.131. The van der Waals surface area contributed by atoms with Crippen LogP contribution in [0.25, 0.3) is 6.08 Å². The monoisotopic (exact) mass is 381 g/mol. The van der Waals surface area contributed by atoms with Gasteiger partial charge in [-0.05, 0) is 50.2 Å². The average molecular weight is 381 g/mol. The zero-order valence-electron chi connectivity index (χ0n) is 16.6. The second kappa shape index (κ2) is 9.50. The molecule has 0 unspecified atom stereocenters. The van der Waals surface area contributed by atoms with E-state index in [-0.39, 0.29) is 5.78 Å². The van der Waals surface area contributed by atoms with Gasteiger partial charge < -0.3 is 14.3 Å². The van der Waals surface area contributed by atoms with Crippen LogP contribution in [0.1, 0.15) is 47.8 Å². The first kappa shape index (κ1) is 20.9. The van der Waals surface area contributed by atoms with E-state index in [0.717, 1.165) is 0 Å². The molecule has 0 N–H and O–H groups in total. The summed E-state index contributed by atoms with van der Waals surface area (Å²) in [5.74, 6) is 0.252. The Bertz CT molecular complexity index is 927. The normalized spacial score (nSPS) is 11.4. The molecule has 0 aliphatic carbocycles. The molecule has 0 fully saturated rings. The van der Waals surface area contributed by atoms with Gasteiger partial charge in [0.2, 0.25) is 0 Å². The number of rotatable bonds is 7. The van der Waals surface area contributed by atoms with Crippen molar-refractivity contribution in [3.63, 3.8) is 0 Å². The van der Waals surface area contributed by atoms with Crippen LogP contribution in [-0.2, 0) is 9.63 Å². The predicted octanol–water partition coefficient (Wildman–Crippen LogP) is 4.26. The number of carbonyl (C=O) groups is 2. The Morgan fingerprint density at radius 3 is 2.21 bits per heavy atom. The summed E-state index contributed by atoms with van der Waals surface area (Å²) < 4.78 is 10.5. The third kappa shape index (κ3) is 4.85. The number of esters is 1. The molecule has 0 amide bonds. The summed E-state index contributed by atoms with van der Waals surface area (Å²) in [4.78, 5) is 29.6. The van der Waals surface area contributed by atoms with Crippen LogP contribution in [0.2, 0.25) is 0 Å². The van der Waals surface area contributed by atoms with Gasteiger partial charge in [-0.15, -0.1) is 0 Å². The molecule has 0 saturated carbocycles. The van der Waals surface area contributed by atoms with E-state index in [0.29, 0.717) is 39.5 Å². The van der Waals surface area contributed by atoms with Crippen LogP contribution in [-0.4, -0.2) is 31.7 Å². The zero-order valence-corrected chi connectivity index (χ0v) is 16.6. The molecule has 0 bridgehead atoms.